The fourth-order valence-electron chi connectivity index (χ4n) is 1.86. The van der Waals surface area contributed by atoms with E-state index < -0.39 is 0 Å². The van der Waals surface area contributed by atoms with E-state index in [1.807, 2.05) is 6.07 Å². The summed E-state index contributed by atoms with van der Waals surface area (Å²) in [6, 6.07) is 3.65. The number of carbonyl (C=O) groups is 1. The van der Waals surface area contributed by atoms with Gasteiger partial charge in [-0.25, -0.2) is 4.98 Å². The van der Waals surface area contributed by atoms with Crippen LogP contribution in [0, 0.1) is 0 Å². The quantitative estimate of drug-likeness (QED) is 0.725. The van der Waals surface area contributed by atoms with Gasteiger partial charge in [-0.15, -0.1) is 0 Å². The molecule has 2 N–H and O–H groups in total. The van der Waals surface area contributed by atoms with Crippen molar-refractivity contribution in [2.45, 2.75) is 27.2 Å². The van der Waals surface area contributed by atoms with Crippen LogP contribution in [0.1, 0.15) is 37.7 Å². The Morgan fingerprint density at radius 3 is 2.50 bits per heavy atom. The van der Waals surface area contributed by atoms with Gasteiger partial charge in [0, 0.05) is 19.6 Å². The third kappa shape index (κ3) is 5.57. The van der Waals surface area contributed by atoms with Crippen LogP contribution in [0.15, 0.2) is 18.3 Å². The molecule has 1 amide bonds. The Morgan fingerprint density at radius 1 is 1.20 bits per heavy atom. The average Bonchev–Trinajstić information content (AvgIpc) is 2.50. The smallest absolute Gasteiger partial charge is 0.269 e. The van der Waals surface area contributed by atoms with E-state index in [1.165, 1.54) is 0 Å². The van der Waals surface area contributed by atoms with E-state index in [2.05, 4.69) is 41.3 Å². The molecule has 5 nitrogen and oxygen atoms in total. The van der Waals surface area contributed by atoms with Gasteiger partial charge in [0.15, 0.2) is 0 Å². The van der Waals surface area contributed by atoms with Crippen molar-refractivity contribution in [1.82, 2.24) is 15.2 Å². The molecule has 0 aliphatic heterocycles. The minimum Gasteiger partial charge on any atom is -0.384 e. The molecule has 1 aromatic heterocycles. The maximum Gasteiger partial charge on any atom is 0.269 e. The second-order valence-corrected chi connectivity index (χ2v) is 4.64. The molecule has 1 aromatic rings. The Balaban J connectivity index is 2.39. The lowest BCUT2D eigenvalue weighted by molar-refractivity contribution is 0.0944. The molecule has 20 heavy (non-hydrogen) atoms. The van der Waals surface area contributed by atoms with Crippen LogP contribution in [-0.2, 0) is 0 Å². The monoisotopic (exact) mass is 278 g/mol. The minimum absolute atomic E-state index is 0.112. The van der Waals surface area contributed by atoms with Gasteiger partial charge >= 0.3 is 0 Å². The fraction of sp³-hybridized carbons (Fsp3) is 0.600. The summed E-state index contributed by atoms with van der Waals surface area (Å²) in [6.07, 6.45) is 2.77. The largest absolute Gasteiger partial charge is 0.384 e. The zero-order chi connectivity index (χ0) is 14.8. The number of pyridine rings is 1. The zero-order valence-corrected chi connectivity index (χ0v) is 12.8. The summed E-state index contributed by atoms with van der Waals surface area (Å²) in [7, 11) is 0. The predicted octanol–water partition coefficient (Wildman–Crippen LogP) is 1.98. The lowest BCUT2D eigenvalue weighted by Gasteiger charge is -2.17. The molecule has 0 bridgehead atoms. The number of nitrogens with one attached hydrogen (secondary N) is 2. The first-order valence-electron chi connectivity index (χ1n) is 7.41. The normalized spacial score (nSPS) is 10.6. The van der Waals surface area contributed by atoms with Crippen LogP contribution < -0.4 is 10.6 Å². The highest BCUT2D eigenvalue weighted by atomic mass is 16.1. The predicted molar refractivity (Wildman–Crippen MR) is 83.1 cm³/mol. The van der Waals surface area contributed by atoms with Gasteiger partial charge in [0.2, 0.25) is 0 Å². The summed E-state index contributed by atoms with van der Waals surface area (Å²) < 4.78 is 0. The first kappa shape index (κ1) is 16.4. The molecule has 5 heteroatoms. The highest BCUT2D eigenvalue weighted by Crippen LogP contribution is 2.05. The molecule has 1 rings (SSSR count). The van der Waals surface area contributed by atoms with E-state index in [9.17, 15) is 4.79 Å². The summed E-state index contributed by atoms with van der Waals surface area (Å²) in [5.74, 6) is -0.112. The minimum atomic E-state index is -0.112. The Labute approximate surface area is 121 Å². The topological polar surface area (TPSA) is 57.3 Å². The summed E-state index contributed by atoms with van der Waals surface area (Å²) in [5, 5.41) is 6.13. The maximum atomic E-state index is 11.9. The molecule has 0 aliphatic rings. The summed E-state index contributed by atoms with van der Waals surface area (Å²) >= 11 is 0. The highest BCUT2D eigenvalue weighted by molar-refractivity contribution is 5.92. The van der Waals surface area contributed by atoms with Crippen molar-refractivity contribution >= 4 is 11.6 Å². The van der Waals surface area contributed by atoms with Crippen LogP contribution in [0.5, 0.6) is 0 Å². The molecule has 0 spiro atoms. The molecular weight excluding hydrogens is 252 g/mol. The van der Waals surface area contributed by atoms with Crippen LogP contribution in [0.2, 0.25) is 0 Å². The first-order chi connectivity index (χ1) is 9.71. The molecule has 0 saturated carbocycles. The SMILES string of the molecule is CCCNc1ccc(C(=O)NCCN(CC)CC)nc1. The third-order valence-corrected chi connectivity index (χ3v) is 3.18. The fourth-order valence-corrected chi connectivity index (χ4v) is 1.86. The third-order valence-electron chi connectivity index (χ3n) is 3.18. The molecular formula is C15H26N4O. The number of hydrogen-bond acceptors (Lipinski definition) is 4. The van der Waals surface area contributed by atoms with Crippen LogP contribution >= 0.6 is 0 Å². The Kier molecular flexibility index (Phi) is 7.65. The van der Waals surface area contributed by atoms with Crippen molar-refractivity contribution in [2.75, 3.05) is 38.0 Å². The van der Waals surface area contributed by atoms with Gasteiger partial charge in [0.25, 0.3) is 5.91 Å². The van der Waals surface area contributed by atoms with Gasteiger partial charge in [0.05, 0.1) is 11.9 Å². The number of hydrogen-bond donors (Lipinski definition) is 2. The standard InChI is InChI=1S/C15H26N4O/c1-4-9-16-13-7-8-14(18-12-13)15(20)17-10-11-19(5-2)6-3/h7-8,12,16H,4-6,9-11H2,1-3H3,(H,17,20). The maximum absolute atomic E-state index is 11.9. The van der Waals surface area contributed by atoms with Gasteiger partial charge in [-0.3, -0.25) is 4.79 Å². The van der Waals surface area contributed by atoms with E-state index in [0.29, 0.717) is 12.2 Å². The van der Waals surface area contributed by atoms with Crippen molar-refractivity contribution in [3.8, 4) is 0 Å². The van der Waals surface area contributed by atoms with Crippen molar-refractivity contribution in [3.05, 3.63) is 24.0 Å². The number of likely N-dealkylation sites (N-methyl/N-ethyl adjacent to an activating group) is 1. The lowest BCUT2D eigenvalue weighted by atomic mass is 10.3. The van der Waals surface area contributed by atoms with E-state index in [1.54, 1.807) is 12.3 Å². The second kappa shape index (κ2) is 9.31. The van der Waals surface area contributed by atoms with Crippen LogP contribution in [-0.4, -0.2) is 48.5 Å². The molecule has 0 fully saturated rings. The van der Waals surface area contributed by atoms with Crippen molar-refractivity contribution in [3.63, 3.8) is 0 Å². The highest BCUT2D eigenvalue weighted by Gasteiger charge is 2.07. The number of nitrogens with zero attached hydrogens (tertiary/aromatic N) is 2. The Hall–Kier alpha value is -1.62. The molecule has 1 heterocycles. The molecule has 0 aliphatic carbocycles. The number of aromatic nitrogens is 1. The molecule has 0 atom stereocenters. The molecule has 0 unspecified atom stereocenters. The molecule has 0 radical (unpaired) electrons. The Morgan fingerprint density at radius 2 is 1.95 bits per heavy atom. The lowest BCUT2D eigenvalue weighted by Crippen LogP contribution is -2.35. The molecule has 0 saturated heterocycles. The van der Waals surface area contributed by atoms with Gasteiger partial charge in [-0.2, -0.15) is 0 Å². The number of rotatable bonds is 9. The summed E-state index contributed by atoms with van der Waals surface area (Å²) in [6.45, 7) is 10.8. The molecule has 112 valence electrons. The van der Waals surface area contributed by atoms with Crippen LogP contribution in [0.4, 0.5) is 5.69 Å². The van der Waals surface area contributed by atoms with Gasteiger partial charge in [-0.05, 0) is 31.6 Å². The zero-order valence-electron chi connectivity index (χ0n) is 12.8. The first-order valence-corrected chi connectivity index (χ1v) is 7.41. The second-order valence-electron chi connectivity index (χ2n) is 4.64. The van der Waals surface area contributed by atoms with E-state index >= 15 is 0 Å². The van der Waals surface area contributed by atoms with Gasteiger partial charge in [0.1, 0.15) is 5.69 Å². The number of carbonyl (C=O) groups excluding carboxylic acids is 1. The molecule has 0 aromatic carbocycles. The Bertz CT molecular complexity index is 387. The van der Waals surface area contributed by atoms with Crippen LogP contribution in [0.25, 0.3) is 0 Å². The summed E-state index contributed by atoms with van der Waals surface area (Å²) in [5.41, 5.74) is 1.41. The number of anilines is 1. The van der Waals surface area contributed by atoms with Crippen molar-refractivity contribution in [1.29, 1.82) is 0 Å². The van der Waals surface area contributed by atoms with Crippen LogP contribution in [0.3, 0.4) is 0 Å². The van der Waals surface area contributed by atoms with E-state index in [-0.39, 0.29) is 5.91 Å². The van der Waals surface area contributed by atoms with E-state index in [4.69, 9.17) is 0 Å². The van der Waals surface area contributed by atoms with Crippen molar-refractivity contribution in [2.24, 2.45) is 0 Å². The van der Waals surface area contributed by atoms with Gasteiger partial charge < -0.3 is 15.5 Å². The van der Waals surface area contributed by atoms with Gasteiger partial charge in [-0.1, -0.05) is 20.8 Å². The summed E-state index contributed by atoms with van der Waals surface area (Å²) in [4.78, 5) is 18.4. The van der Waals surface area contributed by atoms with E-state index in [0.717, 1.165) is 38.3 Å². The van der Waals surface area contributed by atoms with Crippen molar-refractivity contribution < 1.29 is 4.79 Å². The number of amides is 1. The average molecular weight is 278 g/mol.